The predicted molar refractivity (Wildman–Crippen MR) is 81.5 cm³/mol. The van der Waals surface area contributed by atoms with Crippen LogP contribution in [0.15, 0.2) is 36.4 Å². The van der Waals surface area contributed by atoms with Gasteiger partial charge in [0, 0.05) is 5.69 Å². The Kier molecular flexibility index (Phi) is 4.15. The van der Waals surface area contributed by atoms with Gasteiger partial charge in [0.05, 0.1) is 23.4 Å². The Morgan fingerprint density at radius 2 is 2.00 bits per heavy atom. The van der Waals surface area contributed by atoms with Crippen molar-refractivity contribution in [1.29, 1.82) is 0 Å². The quantitative estimate of drug-likeness (QED) is 0.851. The third-order valence-corrected chi connectivity index (χ3v) is 3.17. The zero-order valence-electron chi connectivity index (χ0n) is 11.2. The average Bonchev–Trinajstić information content (AvgIpc) is 2.43. The summed E-state index contributed by atoms with van der Waals surface area (Å²) in [5.74, 6) is 0.267. The van der Waals surface area contributed by atoms with Crippen LogP contribution in [0.4, 0.5) is 11.4 Å². The zero-order chi connectivity index (χ0) is 14.7. The second-order valence-electron chi connectivity index (χ2n) is 4.40. The van der Waals surface area contributed by atoms with E-state index < -0.39 is 0 Å². The molecule has 2 aromatic rings. The van der Waals surface area contributed by atoms with Crippen LogP contribution >= 0.6 is 11.6 Å². The van der Waals surface area contributed by atoms with E-state index in [1.165, 1.54) is 0 Å². The van der Waals surface area contributed by atoms with Crippen molar-refractivity contribution in [3.8, 4) is 5.75 Å². The number of nitrogen functional groups attached to an aromatic ring is 1. The number of hydrogen-bond donors (Lipinski definition) is 2. The molecule has 0 saturated heterocycles. The summed E-state index contributed by atoms with van der Waals surface area (Å²) >= 11 is 6.01. The molecule has 0 aliphatic heterocycles. The van der Waals surface area contributed by atoms with Crippen LogP contribution in [0.25, 0.3) is 0 Å². The van der Waals surface area contributed by atoms with Crippen LogP contribution in [0.2, 0.25) is 5.02 Å². The number of anilines is 2. The smallest absolute Gasteiger partial charge is 0.257 e. The summed E-state index contributed by atoms with van der Waals surface area (Å²) in [5, 5.41) is 3.12. The third-order valence-electron chi connectivity index (χ3n) is 2.84. The maximum atomic E-state index is 12.2. The minimum absolute atomic E-state index is 0.328. The largest absolute Gasteiger partial charge is 0.495 e. The average molecular weight is 291 g/mol. The molecule has 0 fully saturated rings. The minimum Gasteiger partial charge on any atom is -0.495 e. The van der Waals surface area contributed by atoms with Crippen LogP contribution in [0, 0.1) is 6.92 Å². The highest BCUT2D eigenvalue weighted by atomic mass is 35.5. The van der Waals surface area contributed by atoms with Gasteiger partial charge >= 0.3 is 0 Å². The monoisotopic (exact) mass is 290 g/mol. The number of amides is 1. The molecule has 0 aromatic heterocycles. The fraction of sp³-hybridized carbons (Fsp3) is 0.133. The van der Waals surface area contributed by atoms with E-state index in [1.807, 2.05) is 19.1 Å². The van der Waals surface area contributed by atoms with Gasteiger partial charge in [-0.25, -0.2) is 0 Å². The fourth-order valence-corrected chi connectivity index (χ4v) is 2.01. The minimum atomic E-state index is -0.329. The van der Waals surface area contributed by atoms with E-state index in [-0.39, 0.29) is 5.91 Å². The van der Waals surface area contributed by atoms with Crippen molar-refractivity contribution < 1.29 is 9.53 Å². The molecule has 0 radical (unpaired) electrons. The fourth-order valence-electron chi connectivity index (χ4n) is 1.81. The Morgan fingerprint density at radius 3 is 2.70 bits per heavy atom. The van der Waals surface area contributed by atoms with Crippen LogP contribution in [0.1, 0.15) is 15.9 Å². The summed E-state index contributed by atoms with van der Waals surface area (Å²) in [4.78, 5) is 12.2. The lowest BCUT2D eigenvalue weighted by molar-refractivity contribution is 0.102. The molecule has 20 heavy (non-hydrogen) atoms. The first kappa shape index (κ1) is 14.2. The van der Waals surface area contributed by atoms with Crippen LogP contribution in [-0.4, -0.2) is 13.0 Å². The molecule has 0 unspecified atom stereocenters. The molecule has 3 N–H and O–H groups in total. The number of halogens is 1. The second-order valence-corrected chi connectivity index (χ2v) is 4.80. The summed E-state index contributed by atoms with van der Waals surface area (Å²) in [6.07, 6.45) is 0. The summed E-state index contributed by atoms with van der Waals surface area (Å²) in [6.45, 7) is 1.95. The van der Waals surface area contributed by atoms with Gasteiger partial charge in [0.2, 0.25) is 0 Å². The molecule has 0 atom stereocenters. The number of carbonyl (C=O) groups is 1. The van der Waals surface area contributed by atoms with Gasteiger partial charge in [-0.15, -0.1) is 0 Å². The maximum Gasteiger partial charge on any atom is 0.257 e. The lowest BCUT2D eigenvalue weighted by Gasteiger charge is -2.12. The van der Waals surface area contributed by atoms with E-state index >= 15 is 0 Å². The molecular formula is C15H15ClN2O2. The van der Waals surface area contributed by atoms with Crippen molar-refractivity contribution in [2.45, 2.75) is 6.92 Å². The van der Waals surface area contributed by atoms with Gasteiger partial charge in [-0.2, -0.15) is 0 Å². The normalized spacial score (nSPS) is 10.2. The SMILES string of the molecule is COc1cc(C)ccc1NC(=O)c1cc(N)ccc1Cl. The number of carbonyl (C=O) groups excluding carboxylic acids is 1. The maximum absolute atomic E-state index is 12.2. The van der Waals surface area contributed by atoms with Gasteiger partial charge < -0.3 is 15.8 Å². The van der Waals surface area contributed by atoms with Gasteiger partial charge in [-0.3, -0.25) is 4.79 Å². The molecule has 5 heteroatoms. The van der Waals surface area contributed by atoms with Gasteiger partial charge in [-0.1, -0.05) is 17.7 Å². The van der Waals surface area contributed by atoms with E-state index in [1.54, 1.807) is 31.4 Å². The molecule has 0 aliphatic carbocycles. The Labute approximate surface area is 122 Å². The van der Waals surface area contributed by atoms with Crippen LogP contribution in [-0.2, 0) is 0 Å². The first-order chi connectivity index (χ1) is 9.51. The molecule has 4 nitrogen and oxygen atoms in total. The van der Waals surface area contributed by atoms with Gasteiger partial charge in [0.25, 0.3) is 5.91 Å². The van der Waals surface area contributed by atoms with E-state index in [4.69, 9.17) is 22.1 Å². The van der Waals surface area contributed by atoms with Crippen LogP contribution in [0.3, 0.4) is 0 Å². The number of nitrogens with one attached hydrogen (secondary N) is 1. The summed E-state index contributed by atoms with van der Waals surface area (Å²) in [7, 11) is 1.55. The number of benzene rings is 2. The van der Waals surface area contributed by atoms with Gasteiger partial charge in [0.1, 0.15) is 5.75 Å². The van der Waals surface area contributed by atoms with E-state index in [2.05, 4.69) is 5.32 Å². The molecule has 2 aromatic carbocycles. The molecule has 104 valence electrons. The van der Waals surface area contributed by atoms with Crippen LogP contribution in [0.5, 0.6) is 5.75 Å². The number of aryl methyl sites for hydroxylation is 1. The molecule has 1 amide bonds. The summed E-state index contributed by atoms with van der Waals surface area (Å²) < 4.78 is 5.24. The number of ether oxygens (including phenoxy) is 1. The second kappa shape index (κ2) is 5.84. The molecule has 0 saturated carbocycles. The highest BCUT2D eigenvalue weighted by molar-refractivity contribution is 6.34. The number of hydrogen-bond acceptors (Lipinski definition) is 3. The number of rotatable bonds is 3. The first-order valence-electron chi connectivity index (χ1n) is 6.02. The van der Waals surface area contributed by atoms with E-state index in [0.29, 0.717) is 27.7 Å². The third kappa shape index (κ3) is 3.03. The summed E-state index contributed by atoms with van der Waals surface area (Å²) in [5.41, 5.74) is 8.11. The van der Waals surface area contributed by atoms with Crippen molar-refractivity contribution >= 4 is 28.9 Å². The van der Waals surface area contributed by atoms with Crippen molar-refractivity contribution in [1.82, 2.24) is 0 Å². The van der Waals surface area contributed by atoms with Crippen LogP contribution < -0.4 is 15.8 Å². The molecular weight excluding hydrogens is 276 g/mol. The molecule has 2 rings (SSSR count). The van der Waals surface area contributed by atoms with Crippen molar-refractivity contribution in [3.05, 3.63) is 52.5 Å². The molecule has 0 spiro atoms. The Hall–Kier alpha value is -2.20. The Balaban J connectivity index is 2.30. The van der Waals surface area contributed by atoms with E-state index in [0.717, 1.165) is 5.56 Å². The van der Waals surface area contributed by atoms with Crippen molar-refractivity contribution in [2.75, 3.05) is 18.2 Å². The van der Waals surface area contributed by atoms with E-state index in [9.17, 15) is 4.79 Å². The topological polar surface area (TPSA) is 64.3 Å². The molecule has 0 aliphatic rings. The Bertz CT molecular complexity index is 656. The molecule has 0 heterocycles. The number of nitrogens with two attached hydrogens (primary N) is 1. The lowest BCUT2D eigenvalue weighted by atomic mass is 10.1. The lowest BCUT2D eigenvalue weighted by Crippen LogP contribution is -2.13. The highest BCUT2D eigenvalue weighted by Crippen LogP contribution is 2.27. The van der Waals surface area contributed by atoms with Crippen molar-refractivity contribution in [2.24, 2.45) is 0 Å². The standard InChI is InChI=1S/C15H15ClN2O2/c1-9-3-6-13(14(7-9)20-2)18-15(19)11-8-10(17)4-5-12(11)16/h3-8H,17H2,1-2H3,(H,18,19). The number of methoxy groups -OCH3 is 1. The highest BCUT2D eigenvalue weighted by Gasteiger charge is 2.13. The zero-order valence-corrected chi connectivity index (χ0v) is 12.0. The van der Waals surface area contributed by atoms with Gasteiger partial charge in [0.15, 0.2) is 0 Å². The van der Waals surface area contributed by atoms with Crippen molar-refractivity contribution in [3.63, 3.8) is 0 Å². The molecule has 0 bridgehead atoms. The van der Waals surface area contributed by atoms with Gasteiger partial charge in [-0.05, 0) is 42.8 Å². The Morgan fingerprint density at radius 1 is 1.25 bits per heavy atom. The first-order valence-corrected chi connectivity index (χ1v) is 6.40. The predicted octanol–water partition coefficient (Wildman–Crippen LogP) is 3.49. The summed E-state index contributed by atoms with van der Waals surface area (Å²) in [6, 6.07) is 10.3.